The number of hydrogen-bond donors (Lipinski definition) is 3. The lowest BCUT2D eigenvalue weighted by atomic mass is 9.89. The Morgan fingerprint density at radius 2 is 2.02 bits per heavy atom. The Kier molecular flexibility index (Phi) is 6.35. The first kappa shape index (κ1) is 26.6. The van der Waals surface area contributed by atoms with Gasteiger partial charge in [-0.2, -0.15) is 15.1 Å². The van der Waals surface area contributed by atoms with Crippen LogP contribution in [-0.4, -0.2) is 94.9 Å². The number of aromatic nitrogens is 4. The fourth-order valence-corrected chi connectivity index (χ4v) is 8.48. The van der Waals surface area contributed by atoms with Crippen molar-refractivity contribution < 1.29 is 9.13 Å². The topological polar surface area (TPSA) is 97.5 Å². The largest absolute Gasteiger partial charge is 0.461 e. The number of piperidine rings is 1. The van der Waals surface area contributed by atoms with E-state index in [1.165, 1.54) is 22.4 Å². The fourth-order valence-electron chi connectivity index (χ4n) is 8.48. The molecule has 0 bridgehead atoms. The molecule has 4 fully saturated rings. The van der Waals surface area contributed by atoms with Crippen LogP contribution in [0.1, 0.15) is 54.5 Å². The van der Waals surface area contributed by atoms with Gasteiger partial charge in [0.2, 0.25) is 0 Å². The summed E-state index contributed by atoms with van der Waals surface area (Å²) >= 11 is 0. The number of nitrogens with one attached hydrogen (secondary N) is 3. The molecule has 3 aromatic rings. The van der Waals surface area contributed by atoms with Gasteiger partial charge in [0.25, 0.3) is 0 Å². The number of rotatable bonds is 5. The van der Waals surface area contributed by atoms with Crippen LogP contribution in [-0.2, 0) is 13.0 Å². The third kappa shape index (κ3) is 4.34. The van der Waals surface area contributed by atoms with Crippen LogP contribution in [0, 0.1) is 13.8 Å². The number of aromatic amines is 1. The van der Waals surface area contributed by atoms with E-state index >= 15 is 0 Å². The van der Waals surface area contributed by atoms with Crippen LogP contribution in [0.15, 0.2) is 12.3 Å². The molecule has 224 valence electrons. The van der Waals surface area contributed by atoms with Crippen molar-refractivity contribution in [3.8, 4) is 6.01 Å². The van der Waals surface area contributed by atoms with E-state index in [-0.39, 0.29) is 11.1 Å². The summed E-state index contributed by atoms with van der Waals surface area (Å²) in [6.45, 7) is 11.6. The molecule has 0 radical (unpaired) electrons. The van der Waals surface area contributed by atoms with Gasteiger partial charge in [0, 0.05) is 62.3 Å². The molecule has 42 heavy (non-hydrogen) atoms. The van der Waals surface area contributed by atoms with Crippen LogP contribution in [0.4, 0.5) is 15.9 Å². The number of fused-ring (bicyclic) bond motifs is 3. The maximum absolute atomic E-state index is 14.5. The highest BCUT2D eigenvalue weighted by atomic mass is 19.1. The molecule has 3 N–H and O–H groups in total. The highest BCUT2D eigenvalue weighted by molar-refractivity contribution is 5.94. The minimum Gasteiger partial charge on any atom is -0.461 e. The summed E-state index contributed by atoms with van der Waals surface area (Å²) < 4.78 is 21.0. The zero-order valence-electron chi connectivity index (χ0n) is 24.8. The van der Waals surface area contributed by atoms with Gasteiger partial charge in [-0.25, -0.2) is 4.39 Å². The van der Waals surface area contributed by atoms with Gasteiger partial charge in [0.05, 0.1) is 35.2 Å². The second-order valence-electron chi connectivity index (χ2n) is 13.4. The van der Waals surface area contributed by atoms with Gasteiger partial charge in [-0.3, -0.25) is 15.3 Å². The van der Waals surface area contributed by atoms with Crippen LogP contribution >= 0.6 is 0 Å². The first-order valence-electron chi connectivity index (χ1n) is 15.7. The molecular weight excluding hydrogens is 533 g/mol. The van der Waals surface area contributed by atoms with E-state index in [1.54, 1.807) is 0 Å². The summed E-state index contributed by atoms with van der Waals surface area (Å²) in [5, 5.41) is 15.9. The van der Waals surface area contributed by atoms with E-state index in [0.29, 0.717) is 32.1 Å². The van der Waals surface area contributed by atoms with Gasteiger partial charge in [0.1, 0.15) is 18.6 Å². The number of benzene rings is 1. The van der Waals surface area contributed by atoms with Crippen LogP contribution in [0.5, 0.6) is 6.01 Å². The second kappa shape index (κ2) is 10.0. The van der Waals surface area contributed by atoms with Gasteiger partial charge >= 0.3 is 6.01 Å². The van der Waals surface area contributed by atoms with Crippen LogP contribution in [0.2, 0.25) is 0 Å². The number of H-pyrrole nitrogens is 1. The van der Waals surface area contributed by atoms with Crippen molar-refractivity contribution >= 4 is 22.4 Å². The molecule has 5 aliphatic rings. The van der Waals surface area contributed by atoms with Gasteiger partial charge in [-0.15, -0.1) is 0 Å². The molecule has 0 amide bonds. The first-order valence-corrected chi connectivity index (χ1v) is 15.7. The summed E-state index contributed by atoms with van der Waals surface area (Å²) in [7, 11) is 0. The summed E-state index contributed by atoms with van der Waals surface area (Å²) in [6, 6.07) is 2.61. The average Bonchev–Trinajstić information content (AvgIpc) is 3.77. The molecule has 7 heterocycles. The van der Waals surface area contributed by atoms with Crippen molar-refractivity contribution in [3.63, 3.8) is 0 Å². The minimum absolute atomic E-state index is 0.0761. The normalized spacial score (nSPS) is 29.5. The molecule has 2 aromatic heterocycles. The Hall–Kier alpha value is -3.02. The molecule has 5 aliphatic heterocycles. The van der Waals surface area contributed by atoms with Crippen molar-refractivity contribution in [2.45, 2.75) is 76.2 Å². The van der Waals surface area contributed by atoms with E-state index in [9.17, 15) is 4.39 Å². The van der Waals surface area contributed by atoms with Crippen molar-refractivity contribution in [2.75, 3.05) is 62.3 Å². The van der Waals surface area contributed by atoms with E-state index in [0.717, 1.165) is 93.9 Å². The minimum atomic E-state index is -0.781. The van der Waals surface area contributed by atoms with Crippen molar-refractivity contribution in [2.24, 2.45) is 0 Å². The third-order valence-corrected chi connectivity index (χ3v) is 10.7. The Bertz CT molecular complexity index is 1500. The SMILES string of the molecule is Cc1cc2[nH]ncc2c(N2CCc3c(nc(OC[C@@]45CCCN4C[C@H](F)C5)nc3N3CCC[C@@]4(CNCN4)C3)C2)c1C. The van der Waals surface area contributed by atoms with E-state index < -0.39 is 6.17 Å². The molecular formula is C31H42FN9O. The number of aryl methyl sites for hydroxylation is 1. The molecule has 10 nitrogen and oxygen atoms in total. The second-order valence-corrected chi connectivity index (χ2v) is 13.4. The predicted octanol–water partition coefficient (Wildman–Crippen LogP) is 2.98. The molecule has 11 heteroatoms. The van der Waals surface area contributed by atoms with E-state index in [2.05, 4.69) is 55.4 Å². The number of ether oxygens (including phenoxy) is 1. The Morgan fingerprint density at radius 3 is 2.90 bits per heavy atom. The highest BCUT2D eigenvalue weighted by Gasteiger charge is 2.49. The molecule has 4 saturated heterocycles. The molecule has 0 saturated carbocycles. The van der Waals surface area contributed by atoms with Crippen molar-refractivity contribution in [1.82, 2.24) is 35.7 Å². The highest BCUT2D eigenvalue weighted by Crippen LogP contribution is 2.41. The summed E-state index contributed by atoms with van der Waals surface area (Å²) in [6.07, 6.45) is 6.92. The summed E-state index contributed by atoms with van der Waals surface area (Å²) in [4.78, 5) is 17.4. The predicted molar refractivity (Wildman–Crippen MR) is 161 cm³/mol. The zero-order valence-corrected chi connectivity index (χ0v) is 24.8. The van der Waals surface area contributed by atoms with Crippen LogP contribution in [0.25, 0.3) is 10.9 Å². The molecule has 1 aromatic carbocycles. The Labute approximate surface area is 246 Å². The number of halogens is 1. The third-order valence-electron chi connectivity index (χ3n) is 10.7. The molecule has 0 aliphatic carbocycles. The average molecular weight is 576 g/mol. The number of alkyl halides is 1. The monoisotopic (exact) mass is 575 g/mol. The molecule has 0 unspecified atom stereocenters. The molecule has 3 atom stereocenters. The molecule has 1 spiro atoms. The lowest BCUT2D eigenvalue weighted by molar-refractivity contribution is 0.107. The maximum atomic E-state index is 14.5. The smallest absolute Gasteiger partial charge is 0.318 e. The lowest BCUT2D eigenvalue weighted by Crippen LogP contribution is -2.56. The van der Waals surface area contributed by atoms with Crippen LogP contribution < -0.4 is 25.2 Å². The fraction of sp³-hybridized carbons (Fsp3) is 0.645. The molecule has 8 rings (SSSR count). The standard InChI is InChI=1S/C31H42FN9O/c1-20-11-25-24(13-35-38-25)27(21(20)2)39-10-5-23-26(15-39)36-29(42-18-31-7-4-9-41(31)14-22(32)12-31)37-28(23)40-8-3-6-30(17-40)16-33-19-34-30/h11,13,22,33-34H,3-10,12,14-19H2,1-2H3,(H,35,38)/t22-,30-,31+/m1/s1. The summed E-state index contributed by atoms with van der Waals surface area (Å²) in [5.41, 5.74) is 6.93. The number of hydrogen-bond acceptors (Lipinski definition) is 9. The van der Waals surface area contributed by atoms with Crippen LogP contribution in [0.3, 0.4) is 0 Å². The zero-order chi connectivity index (χ0) is 28.5. The van der Waals surface area contributed by atoms with Crippen molar-refractivity contribution in [1.29, 1.82) is 0 Å². The number of anilines is 2. The van der Waals surface area contributed by atoms with E-state index in [1.807, 2.05) is 6.20 Å². The maximum Gasteiger partial charge on any atom is 0.318 e. The first-order chi connectivity index (χ1) is 20.4. The van der Waals surface area contributed by atoms with Gasteiger partial charge in [0.15, 0.2) is 0 Å². The lowest BCUT2D eigenvalue weighted by Gasteiger charge is -2.42. The van der Waals surface area contributed by atoms with Gasteiger partial charge < -0.3 is 19.9 Å². The van der Waals surface area contributed by atoms with Gasteiger partial charge in [-0.1, -0.05) is 0 Å². The number of nitrogens with zero attached hydrogens (tertiary/aromatic N) is 6. The summed E-state index contributed by atoms with van der Waals surface area (Å²) in [5.74, 6) is 1.02. The van der Waals surface area contributed by atoms with Crippen molar-refractivity contribution in [3.05, 3.63) is 34.6 Å². The Morgan fingerprint density at radius 1 is 1.12 bits per heavy atom. The Balaban J connectivity index is 1.15. The quantitative estimate of drug-likeness (QED) is 0.424. The van der Waals surface area contributed by atoms with Gasteiger partial charge in [-0.05, 0) is 69.7 Å². The van der Waals surface area contributed by atoms with E-state index in [4.69, 9.17) is 14.7 Å².